The first-order chi connectivity index (χ1) is 15.1. The van der Waals surface area contributed by atoms with E-state index in [4.69, 9.17) is 18.9 Å². The molecule has 0 atom stereocenters. The van der Waals surface area contributed by atoms with Gasteiger partial charge in [0.2, 0.25) is 0 Å². The minimum Gasteiger partial charge on any atom is -0.382 e. The zero-order valence-corrected chi connectivity index (χ0v) is 26.9. The van der Waals surface area contributed by atoms with Crippen molar-refractivity contribution in [2.24, 2.45) is 21.7 Å². The van der Waals surface area contributed by atoms with Crippen LogP contribution >= 0.6 is 0 Å². The predicted octanol–water partition coefficient (Wildman–Crippen LogP) is 9.05. The third kappa shape index (κ3) is 63.5. The van der Waals surface area contributed by atoms with Crippen molar-refractivity contribution in [3.05, 3.63) is 0 Å². The molecule has 212 valence electrons. The molecule has 0 radical (unpaired) electrons. The van der Waals surface area contributed by atoms with Crippen LogP contribution in [-0.4, -0.2) is 52.9 Å². The summed E-state index contributed by atoms with van der Waals surface area (Å²) in [4.78, 5) is 0. The lowest BCUT2D eigenvalue weighted by Gasteiger charge is -2.19. The summed E-state index contributed by atoms with van der Waals surface area (Å²) in [5, 5.41) is 0. The second-order valence-corrected chi connectivity index (χ2v) is 14.0. The Labute approximate surface area is 217 Å². The van der Waals surface area contributed by atoms with Crippen molar-refractivity contribution < 1.29 is 18.9 Å². The van der Waals surface area contributed by atoms with Crippen molar-refractivity contribution in [2.75, 3.05) is 46.8 Å². The van der Waals surface area contributed by atoms with Crippen LogP contribution in [0, 0.1) is 21.7 Å². The topological polar surface area (TPSA) is 36.9 Å². The fourth-order valence-electron chi connectivity index (χ4n) is 2.10. The van der Waals surface area contributed by atoms with Crippen molar-refractivity contribution in [2.45, 2.75) is 130 Å². The van der Waals surface area contributed by atoms with E-state index in [1.807, 2.05) is 6.92 Å². The summed E-state index contributed by atoms with van der Waals surface area (Å²) in [6, 6.07) is 0. The van der Waals surface area contributed by atoms with Gasteiger partial charge < -0.3 is 18.9 Å². The van der Waals surface area contributed by atoms with Crippen LogP contribution < -0.4 is 0 Å². The molecule has 4 heteroatoms. The summed E-state index contributed by atoms with van der Waals surface area (Å²) in [5.41, 5.74) is 1.46. The predicted molar refractivity (Wildman–Crippen MR) is 153 cm³/mol. The molecule has 0 aromatic rings. The number of hydrogen-bond acceptors (Lipinski definition) is 4. The Bertz CT molecular complexity index is 390. The molecule has 0 saturated carbocycles. The minimum atomic E-state index is 0.272. The van der Waals surface area contributed by atoms with E-state index in [-0.39, 0.29) is 5.41 Å². The number of ether oxygens (including phenoxy) is 4. The fourth-order valence-corrected chi connectivity index (χ4v) is 2.10. The highest BCUT2D eigenvalue weighted by Crippen LogP contribution is 2.19. The van der Waals surface area contributed by atoms with Crippen LogP contribution in [0.25, 0.3) is 0 Å². The van der Waals surface area contributed by atoms with E-state index in [2.05, 4.69) is 104 Å². The van der Waals surface area contributed by atoms with E-state index in [1.165, 1.54) is 12.8 Å². The average molecular weight is 493 g/mol. The molecule has 0 fully saturated rings. The standard InChI is InChI=1S/C8H18O2.C8H18O.C7H16O.C7H16/c1-8(2,3)7-10-6-5-9-4;1-7(2)9-6-8(3,4)5;1-5-8-6-7(2,3)4;1-5-6-7(2,3)4/h5-7H2,1-4H3;7H,6H2,1-5H3;5-6H2,1-4H3;5-6H2,1-4H3. The summed E-state index contributed by atoms with van der Waals surface area (Å²) < 4.78 is 20.7. The SMILES string of the molecule is CC(C)OCC(C)(C)C.CCCC(C)(C)C.CCOCC(C)(C)C.COCCOCC(C)(C)C. The molecule has 0 aliphatic carbocycles. The van der Waals surface area contributed by atoms with Gasteiger partial charge in [-0.05, 0) is 48.9 Å². The van der Waals surface area contributed by atoms with Crippen molar-refractivity contribution in [1.29, 1.82) is 0 Å². The maximum atomic E-state index is 5.41. The maximum Gasteiger partial charge on any atom is 0.0700 e. The Kier molecular flexibility index (Phi) is 26.6. The minimum absolute atomic E-state index is 0.272. The largest absolute Gasteiger partial charge is 0.382 e. The Morgan fingerprint density at radius 3 is 1.15 bits per heavy atom. The highest BCUT2D eigenvalue weighted by atomic mass is 16.5. The van der Waals surface area contributed by atoms with Gasteiger partial charge in [0.15, 0.2) is 0 Å². The van der Waals surface area contributed by atoms with Gasteiger partial charge in [-0.3, -0.25) is 0 Å². The molecule has 0 aromatic heterocycles. The first-order valence-electron chi connectivity index (χ1n) is 13.4. The zero-order valence-electron chi connectivity index (χ0n) is 26.9. The molecule has 0 N–H and O–H groups in total. The third-order valence-electron chi connectivity index (χ3n) is 3.56. The summed E-state index contributed by atoms with van der Waals surface area (Å²) in [7, 11) is 1.68. The Morgan fingerprint density at radius 1 is 0.559 bits per heavy atom. The van der Waals surface area contributed by atoms with Crippen molar-refractivity contribution in [3.8, 4) is 0 Å². The molecule has 34 heavy (non-hydrogen) atoms. The summed E-state index contributed by atoms with van der Waals surface area (Å²) >= 11 is 0. The summed E-state index contributed by atoms with van der Waals surface area (Å²) in [5.74, 6) is 0. The monoisotopic (exact) mass is 493 g/mol. The second kappa shape index (κ2) is 22.1. The molecular formula is C30H68O4. The molecule has 0 aliphatic rings. The van der Waals surface area contributed by atoms with Gasteiger partial charge >= 0.3 is 0 Å². The van der Waals surface area contributed by atoms with Gasteiger partial charge in [0.1, 0.15) is 0 Å². The van der Waals surface area contributed by atoms with Gasteiger partial charge in [-0.1, -0.05) is 96.4 Å². The molecule has 0 spiro atoms. The first-order valence-corrected chi connectivity index (χ1v) is 13.4. The fraction of sp³-hybridized carbons (Fsp3) is 1.00. The van der Waals surface area contributed by atoms with Crippen LogP contribution in [0.15, 0.2) is 0 Å². The summed E-state index contributed by atoms with van der Waals surface area (Å²) in [6.45, 7) is 39.4. The number of hydrogen-bond donors (Lipinski definition) is 0. The van der Waals surface area contributed by atoms with Crippen LogP contribution in [0.2, 0.25) is 0 Å². The lowest BCUT2D eigenvalue weighted by atomic mass is 9.91. The van der Waals surface area contributed by atoms with E-state index in [9.17, 15) is 0 Å². The average Bonchev–Trinajstić information content (AvgIpc) is 2.61. The maximum absolute atomic E-state index is 5.41. The van der Waals surface area contributed by atoms with E-state index < -0.39 is 0 Å². The number of rotatable bonds is 9. The zero-order chi connectivity index (χ0) is 28.1. The molecule has 0 unspecified atom stereocenters. The molecule has 0 aliphatic heterocycles. The second-order valence-electron chi connectivity index (χ2n) is 14.0. The normalized spacial score (nSPS) is 12.2. The molecule has 4 nitrogen and oxygen atoms in total. The Balaban J connectivity index is -0.000000178. The van der Waals surface area contributed by atoms with Gasteiger partial charge in [0.25, 0.3) is 0 Å². The molecule has 0 heterocycles. The third-order valence-corrected chi connectivity index (χ3v) is 3.56. The molecule has 0 aromatic carbocycles. The van der Waals surface area contributed by atoms with Crippen LogP contribution in [0.4, 0.5) is 0 Å². The number of methoxy groups -OCH3 is 1. The molecule has 0 rings (SSSR count). The van der Waals surface area contributed by atoms with Crippen molar-refractivity contribution >= 4 is 0 Å². The van der Waals surface area contributed by atoms with Gasteiger partial charge in [0.05, 0.1) is 39.1 Å². The van der Waals surface area contributed by atoms with E-state index in [0.29, 0.717) is 35.6 Å². The van der Waals surface area contributed by atoms with Crippen molar-refractivity contribution in [1.82, 2.24) is 0 Å². The van der Waals surface area contributed by atoms with Crippen LogP contribution in [0.5, 0.6) is 0 Å². The molecule has 0 bridgehead atoms. The molecule has 0 saturated heterocycles. The summed E-state index contributed by atoms with van der Waals surface area (Å²) in [6.07, 6.45) is 3.01. The van der Waals surface area contributed by atoms with Crippen LogP contribution in [0.1, 0.15) is 124 Å². The van der Waals surface area contributed by atoms with E-state index in [0.717, 1.165) is 26.4 Å². The van der Waals surface area contributed by atoms with E-state index in [1.54, 1.807) is 7.11 Å². The molecule has 0 amide bonds. The Hall–Kier alpha value is -0.160. The van der Waals surface area contributed by atoms with E-state index >= 15 is 0 Å². The Morgan fingerprint density at radius 2 is 0.971 bits per heavy atom. The highest BCUT2D eigenvalue weighted by Gasteiger charge is 2.11. The first kappa shape index (κ1) is 41.0. The van der Waals surface area contributed by atoms with Gasteiger partial charge in [-0.2, -0.15) is 0 Å². The highest BCUT2D eigenvalue weighted by molar-refractivity contribution is 4.60. The quantitative estimate of drug-likeness (QED) is 0.301. The van der Waals surface area contributed by atoms with Crippen molar-refractivity contribution in [3.63, 3.8) is 0 Å². The van der Waals surface area contributed by atoms with Crippen LogP contribution in [-0.2, 0) is 18.9 Å². The van der Waals surface area contributed by atoms with Gasteiger partial charge in [0, 0.05) is 13.7 Å². The molecular weight excluding hydrogens is 424 g/mol. The lowest BCUT2D eigenvalue weighted by molar-refractivity contribution is 0.0285. The van der Waals surface area contributed by atoms with Crippen LogP contribution in [0.3, 0.4) is 0 Å². The lowest BCUT2D eigenvalue weighted by Crippen LogP contribution is -2.17. The smallest absolute Gasteiger partial charge is 0.0700 e. The van der Waals surface area contributed by atoms with Gasteiger partial charge in [-0.15, -0.1) is 0 Å². The van der Waals surface area contributed by atoms with Gasteiger partial charge in [-0.25, -0.2) is 0 Å².